The summed E-state index contributed by atoms with van der Waals surface area (Å²) in [4.78, 5) is 24.0. The van der Waals surface area contributed by atoms with Gasteiger partial charge in [-0.1, -0.05) is 25.8 Å². The van der Waals surface area contributed by atoms with E-state index >= 15 is 0 Å². The highest BCUT2D eigenvalue weighted by molar-refractivity contribution is 5.95. The van der Waals surface area contributed by atoms with Crippen LogP contribution in [-0.4, -0.2) is 18.5 Å². The molecule has 2 aromatic rings. The second-order valence-corrected chi connectivity index (χ2v) is 6.05. The number of esters is 2. The molecule has 9 heteroatoms. The number of halogens is 5. The number of hydrogen-bond donors (Lipinski definition) is 0. The Kier molecular flexibility index (Phi) is 7.69. The van der Waals surface area contributed by atoms with E-state index in [4.69, 9.17) is 4.74 Å². The zero-order chi connectivity index (χ0) is 21.6. The number of hydrogen-bond acceptors (Lipinski definition) is 4. The molecule has 0 saturated carbocycles. The van der Waals surface area contributed by atoms with Gasteiger partial charge < -0.3 is 9.47 Å². The Morgan fingerprint density at radius 2 is 1.31 bits per heavy atom. The molecule has 2 aromatic carbocycles. The lowest BCUT2D eigenvalue weighted by atomic mass is 10.1. The summed E-state index contributed by atoms with van der Waals surface area (Å²) in [7, 11) is 0. The van der Waals surface area contributed by atoms with Gasteiger partial charge in [0, 0.05) is 0 Å². The molecule has 0 saturated heterocycles. The van der Waals surface area contributed by atoms with Crippen molar-refractivity contribution in [2.45, 2.75) is 32.8 Å². The first-order valence-electron chi connectivity index (χ1n) is 8.72. The maximum Gasteiger partial charge on any atom is 0.338 e. The summed E-state index contributed by atoms with van der Waals surface area (Å²) >= 11 is 0. The normalized spacial score (nSPS) is 10.7. The first kappa shape index (κ1) is 22.3. The fraction of sp³-hybridized carbons (Fsp3) is 0.300. The molecule has 0 atom stereocenters. The Hall–Kier alpha value is -2.97. The minimum absolute atomic E-state index is 0.0483. The van der Waals surface area contributed by atoms with E-state index < -0.39 is 53.2 Å². The fourth-order valence-electron chi connectivity index (χ4n) is 2.37. The summed E-state index contributed by atoms with van der Waals surface area (Å²) in [5.74, 6) is -12.5. The standard InChI is InChI=1S/C20H17F5O4/c1-2-3-4-8-28-19(26)11-6-5-7-12(9-11)20(27)29-10-13-14(21)16(23)18(25)17(24)15(13)22/h5-7,9H,2-4,8,10H2,1H3. The Balaban J connectivity index is 2.08. The Labute approximate surface area is 163 Å². The lowest BCUT2D eigenvalue weighted by molar-refractivity contribution is 0.0462. The molecule has 0 radical (unpaired) electrons. The molecule has 0 fully saturated rings. The lowest BCUT2D eigenvalue weighted by Crippen LogP contribution is -2.13. The number of ether oxygens (including phenoxy) is 2. The fourth-order valence-corrected chi connectivity index (χ4v) is 2.37. The molecular formula is C20H17F5O4. The van der Waals surface area contributed by atoms with E-state index in [1.165, 1.54) is 18.2 Å². The van der Waals surface area contributed by atoms with Gasteiger partial charge in [0.2, 0.25) is 5.82 Å². The van der Waals surface area contributed by atoms with Crippen LogP contribution < -0.4 is 0 Å². The second kappa shape index (κ2) is 9.99. The number of carbonyl (C=O) groups excluding carboxylic acids is 2. The van der Waals surface area contributed by atoms with E-state index in [2.05, 4.69) is 4.74 Å². The monoisotopic (exact) mass is 416 g/mol. The van der Waals surface area contributed by atoms with Crippen LogP contribution in [0.25, 0.3) is 0 Å². The third-order valence-corrected chi connectivity index (χ3v) is 3.96. The van der Waals surface area contributed by atoms with Crippen LogP contribution in [0.3, 0.4) is 0 Å². The van der Waals surface area contributed by atoms with Gasteiger partial charge >= 0.3 is 11.9 Å². The van der Waals surface area contributed by atoms with Gasteiger partial charge in [0.05, 0.1) is 23.3 Å². The van der Waals surface area contributed by atoms with E-state index in [0.29, 0.717) is 6.42 Å². The Morgan fingerprint density at radius 1 is 0.793 bits per heavy atom. The molecule has 0 unspecified atom stereocenters. The average Bonchev–Trinajstić information content (AvgIpc) is 2.73. The van der Waals surface area contributed by atoms with Crippen LogP contribution >= 0.6 is 0 Å². The number of benzene rings is 2. The van der Waals surface area contributed by atoms with E-state index in [9.17, 15) is 31.5 Å². The molecule has 0 spiro atoms. The van der Waals surface area contributed by atoms with Gasteiger partial charge in [0.25, 0.3) is 0 Å². The highest BCUT2D eigenvalue weighted by Crippen LogP contribution is 2.24. The van der Waals surface area contributed by atoms with Crippen LogP contribution in [-0.2, 0) is 16.1 Å². The number of rotatable bonds is 8. The second-order valence-electron chi connectivity index (χ2n) is 6.05. The Morgan fingerprint density at radius 3 is 1.86 bits per heavy atom. The van der Waals surface area contributed by atoms with Gasteiger partial charge in [-0.3, -0.25) is 0 Å². The van der Waals surface area contributed by atoms with E-state index in [-0.39, 0.29) is 17.7 Å². The molecule has 4 nitrogen and oxygen atoms in total. The third kappa shape index (κ3) is 5.30. The summed E-state index contributed by atoms with van der Waals surface area (Å²) in [6.07, 6.45) is 2.52. The Bertz CT molecular complexity index is 885. The summed E-state index contributed by atoms with van der Waals surface area (Å²) < 4.78 is 76.4. The topological polar surface area (TPSA) is 52.6 Å². The lowest BCUT2D eigenvalue weighted by Gasteiger charge is -2.10. The van der Waals surface area contributed by atoms with E-state index in [1.54, 1.807) is 0 Å². The minimum atomic E-state index is -2.31. The first-order chi connectivity index (χ1) is 13.8. The largest absolute Gasteiger partial charge is 0.462 e. The summed E-state index contributed by atoms with van der Waals surface area (Å²) in [6, 6.07) is 5.15. The van der Waals surface area contributed by atoms with Crippen molar-refractivity contribution in [3.05, 3.63) is 70.0 Å². The molecule has 0 aliphatic carbocycles. The summed E-state index contributed by atoms with van der Waals surface area (Å²) in [5, 5.41) is 0. The van der Waals surface area contributed by atoms with Crippen LogP contribution in [0, 0.1) is 29.1 Å². The average molecular weight is 416 g/mol. The minimum Gasteiger partial charge on any atom is -0.462 e. The molecule has 0 N–H and O–H groups in total. The molecule has 0 bridgehead atoms. The smallest absolute Gasteiger partial charge is 0.338 e. The predicted octanol–water partition coefficient (Wildman–Crippen LogP) is 5.09. The van der Waals surface area contributed by atoms with Crippen molar-refractivity contribution < 1.29 is 41.0 Å². The van der Waals surface area contributed by atoms with Crippen LogP contribution in [0.15, 0.2) is 24.3 Å². The third-order valence-electron chi connectivity index (χ3n) is 3.96. The molecule has 0 amide bonds. The van der Waals surface area contributed by atoms with E-state index in [0.717, 1.165) is 18.9 Å². The van der Waals surface area contributed by atoms with Crippen molar-refractivity contribution in [3.63, 3.8) is 0 Å². The summed E-state index contributed by atoms with van der Waals surface area (Å²) in [6.45, 7) is 1.02. The van der Waals surface area contributed by atoms with Crippen LogP contribution in [0.2, 0.25) is 0 Å². The molecule has 0 aliphatic heterocycles. The molecule has 0 aliphatic rings. The number of carbonyl (C=O) groups is 2. The molecule has 156 valence electrons. The highest BCUT2D eigenvalue weighted by Gasteiger charge is 2.26. The predicted molar refractivity (Wildman–Crippen MR) is 91.6 cm³/mol. The van der Waals surface area contributed by atoms with Crippen LogP contribution in [0.1, 0.15) is 52.5 Å². The van der Waals surface area contributed by atoms with Gasteiger partial charge in [0.15, 0.2) is 23.3 Å². The SMILES string of the molecule is CCCCCOC(=O)c1cccc(C(=O)OCc2c(F)c(F)c(F)c(F)c2F)c1. The highest BCUT2D eigenvalue weighted by atomic mass is 19.2. The molecule has 0 aromatic heterocycles. The summed E-state index contributed by atoms with van der Waals surface area (Å²) in [5.41, 5.74) is -1.38. The van der Waals surface area contributed by atoms with E-state index in [1.807, 2.05) is 6.92 Å². The maximum absolute atomic E-state index is 13.6. The van der Waals surface area contributed by atoms with Crippen molar-refractivity contribution in [2.24, 2.45) is 0 Å². The van der Waals surface area contributed by atoms with Crippen molar-refractivity contribution in [3.8, 4) is 0 Å². The van der Waals surface area contributed by atoms with Gasteiger partial charge in [0.1, 0.15) is 6.61 Å². The zero-order valence-electron chi connectivity index (χ0n) is 15.4. The maximum atomic E-state index is 13.6. The van der Waals surface area contributed by atoms with Crippen molar-refractivity contribution >= 4 is 11.9 Å². The zero-order valence-corrected chi connectivity index (χ0v) is 15.4. The molecule has 0 heterocycles. The molecular weight excluding hydrogens is 399 g/mol. The van der Waals surface area contributed by atoms with Crippen molar-refractivity contribution in [2.75, 3.05) is 6.61 Å². The first-order valence-corrected chi connectivity index (χ1v) is 8.72. The van der Waals surface area contributed by atoms with Crippen molar-refractivity contribution in [1.82, 2.24) is 0 Å². The van der Waals surface area contributed by atoms with Gasteiger partial charge in [-0.15, -0.1) is 0 Å². The van der Waals surface area contributed by atoms with Crippen LogP contribution in [0.5, 0.6) is 0 Å². The van der Waals surface area contributed by atoms with Crippen molar-refractivity contribution in [1.29, 1.82) is 0 Å². The van der Waals surface area contributed by atoms with Crippen LogP contribution in [0.4, 0.5) is 22.0 Å². The quantitative estimate of drug-likeness (QED) is 0.198. The van der Waals surface area contributed by atoms with Gasteiger partial charge in [-0.25, -0.2) is 31.5 Å². The molecule has 2 rings (SSSR count). The molecule has 29 heavy (non-hydrogen) atoms. The van der Waals surface area contributed by atoms with Gasteiger partial charge in [-0.05, 0) is 24.6 Å². The van der Waals surface area contributed by atoms with Gasteiger partial charge in [-0.2, -0.15) is 0 Å². The number of unbranched alkanes of at least 4 members (excludes halogenated alkanes) is 2.